The van der Waals surface area contributed by atoms with Gasteiger partial charge in [0.2, 0.25) is 10.0 Å². The van der Waals surface area contributed by atoms with E-state index in [0.29, 0.717) is 31.2 Å². The van der Waals surface area contributed by atoms with Crippen LogP contribution >= 0.6 is 24.0 Å². The van der Waals surface area contributed by atoms with Crippen molar-refractivity contribution in [1.29, 1.82) is 0 Å². The number of nitrogens with one attached hydrogen (secondary N) is 3. The maximum atomic E-state index is 13.7. The average Bonchev–Trinajstić information content (AvgIpc) is 3.28. The van der Waals surface area contributed by atoms with E-state index in [4.69, 9.17) is 4.74 Å². The Hall–Kier alpha value is -1.76. The number of hydrogen-bond donors (Lipinski definition) is 3. The summed E-state index contributed by atoms with van der Waals surface area (Å²) < 4.78 is 46.6. The van der Waals surface area contributed by atoms with Gasteiger partial charge < -0.3 is 15.4 Å². The van der Waals surface area contributed by atoms with Crippen LogP contribution < -0.4 is 15.4 Å². The number of halogens is 2. The van der Waals surface area contributed by atoms with Crippen molar-refractivity contribution in [3.8, 4) is 0 Å². The van der Waals surface area contributed by atoms with Crippen molar-refractivity contribution in [2.24, 2.45) is 4.99 Å². The van der Waals surface area contributed by atoms with Crippen LogP contribution in [0.3, 0.4) is 0 Å². The van der Waals surface area contributed by atoms with Crippen LogP contribution in [0.2, 0.25) is 0 Å². The molecule has 0 radical (unpaired) electrons. The van der Waals surface area contributed by atoms with E-state index in [-0.39, 0.29) is 47.3 Å². The molecule has 1 atom stereocenters. The summed E-state index contributed by atoms with van der Waals surface area (Å²) in [6.45, 7) is 1.72. The van der Waals surface area contributed by atoms with Gasteiger partial charge in [-0.2, -0.15) is 0 Å². The van der Waals surface area contributed by atoms with Crippen molar-refractivity contribution in [2.75, 3.05) is 20.2 Å². The van der Waals surface area contributed by atoms with E-state index in [1.807, 2.05) is 0 Å². The van der Waals surface area contributed by atoms with Crippen molar-refractivity contribution >= 4 is 40.0 Å². The highest BCUT2D eigenvalue weighted by Crippen LogP contribution is 2.14. The summed E-state index contributed by atoms with van der Waals surface area (Å²) >= 11 is 0. The first-order valence-corrected chi connectivity index (χ1v) is 11.3. The van der Waals surface area contributed by atoms with Gasteiger partial charge in [-0.15, -0.1) is 24.0 Å². The molecule has 10 heteroatoms. The number of aliphatic imine (C=N–C) groups is 1. The van der Waals surface area contributed by atoms with E-state index >= 15 is 0 Å². The Bertz CT molecular complexity index is 965. The van der Waals surface area contributed by atoms with Crippen molar-refractivity contribution in [1.82, 2.24) is 15.4 Å². The van der Waals surface area contributed by atoms with E-state index in [1.165, 1.54) is 6.07 Å². The lowest BCUT2D eigenvalue weighted by Gasteiger charge is -2.13. The molecule has 170 valence electrons. The summed E-state index contributed by atoms with van der Waals surface area (Å²) in [5.41, 5.74) is 1.44. The molecule has 0 amide bonds. The van der Waals surface area contributed by atoms with E-state index in [1.54, 1.807) is 49.5 Å². The van der Waals surface area contributed by atoms with Crippen LogP contribution in [-0.4, -0.2) is 40.7 Å². The molecule has 1 saturated heterocycles. The van der Waals surface area contributed by atoms with E-state index in [2.05, 4.69) is 20.3 Å². The fourth-order valence-electron chi connectivity index (χ4n) is 3.10. The number of sulfonamides is 1. The molecule has 7 nitrogen and oxygen atoms in total. The molecule has 1 unspecified atom stereocenters. The van der Waals surface area contributed by atoms with Gasteiger partial charge in [0.05, 0.1) is 11.0 Å². The number of hydrogen-bond acceptors (Lipinski definition) is 4. The molecule has 1 aliphatic rings. The van der Waals surface area contributed by atoms with Crippen molar-refractivity contribution < 1.29 is 17.5 Å². The van der Waals surface area contributed by atoms with E-state index < -0.39 is 10.0 Å². The number of guanidine groups is 1. The fraction of sp³-hybridized carbons (Fsp3) is 0.381. The zero-order valence-corrected chi connectivity index (χ0v) is 20.5. The smallest absolute Gasteiger partial charge is 0.240 e. The Morgan fingerprint density at radius 2 is 1.84 bits per heavy atom. The molecule has 1 aliphatic heterocycles. The summed E-state index contributed by atoms with van der Waals surface area (Å²) in [6, 6.07) is 13.2. The number of benzene rings is 2. The summed E-state index contributed by atoms with van der Waals surface area (Å²) in [7, 11) is -1.93. The van der Waals surface area contributed by atoms with Gasteiger partial charge in [0.25, 0.3) is 0 Å². The summed E-state index contributed by atoms with van der Waals surface area (Å²) in [5.74, 6) is 0.249. The number of rotatable bonds is 8. The van der Waals surface area contributed by atoms with Crippen LogP contribution in [0.25, 0.3) is 0 Å². The second kappa shape index (κ2) is 12.3. The molecule has 1 fully saturated rings. The third kappa shape index (κ3) is 7.70. The van der Waals surface area contributed by atoms with E-state index in [0.717, 1.165) is 18.4 Å². The van der Waals surface area contributed by atoms with Gasteiger partial charge in [0, 0.05) is 38.9 Å². The molecular weight excluding hydrogens is 534 g/mol. The third-order valence-corrected chi connectivity index (χ3v) is 6.29. The first-order valence-electron chi connectivity index (χ1n) is 9.86. The zero-order chi connectivity index (χ0) is 21.4. The van der Waals surface area contributed by atoms with Gasteiger partial charge in [-0.25, -0.2) is 17.5 Å². The molecule has 3 N–H and O–H groups in total. The normalized spacial score (nSPS) is 16.6. The lowest BCUT2D eigenvalue weighted by Crippen LogP contribution is -2.36. The molecule has 0 saturated carbocycles. The van der Waals surface area contributed by atoms with Gasteiger partial charge in [0.1, 0.15) is 5.82 Å². The first kappa shape index (κ1) is 25.5. The predicted octanol–water partition coefficient (Wildman–Crippen LogP) is 2.77. The van der Waals surface area contributed by atoms with Crippen molar-refractivity contribution in [2.45, 2.75) is 36.9 Å². The SMILES string of the molecule is CN=C(NCc1ccc(S(=O)(=O)NCC2CCCO2)cc1)NCc1ccccc1F.I. The monoisotopic (exact) mass is 562 g/mol. The van der Waals surface area contributed by atoms with E-state index in [9.17, 15) is 12.8 Å². The van der Waals surface area contributed by atoms with Crippen LogP contribution in [0.15, 0.2) is 58.4 Å². The van der Waals surface area contributed by atoms with Crippen LogP contribution in [0.1, 0.15) is 24.0 Å². The molecule has 31 heavy (non-hydrogen) atoms. The van der Waals surface area contributed by atoms with Gasteiger partial charge in [-0.05, 0) is 36.6 Å². The van der Waals surface area contributed by atoms with Crippen molar-refractivity contribution in [3.63, 3.8) is 0 Å². The van der Waals surface area contributed by atoms with Gasteiger partial charge in [-0.1, -0.05) is 30.3 Å². The Morgan fingerprint density at radius 3 is 2.48 bits per heavy atom. The second-order valence-electron chi connectivity index (χ2n) is 7.00. The molecule has 1 heterocycles. The molecular formula is C21H28FIN4O3S. The summed E-state index contributed by atoms with van der Waals surface area (Å²) in [6.07, 6.45) is 1.79. The number of ether oxygens (including phenoxy) is 1. The highest BCUT2D eigenvalue weighted by Gasteiger charge is 2.20. The molecule has 0 aliphatic carbocycles. The van der Waals surface area contributed by atoms with Crippen LogP contribution in [-0.2, 0) is 27.8 Å². The van der Waals surface area contributed by atoms with Crippen LogP contribution in [0, 0.1) is 5.82 Å². The quantitative estimate of drug-likeness (QED) is 0.262. The van der Waals surface area contributed by atoms with Crippen LogP contribution in [0.5, 0.6) is 0 Å². The predicted molar refractivity (Wildman–Crippen MR) is 129 cm³/mol. The Balaban J connectivity index is 0.00000341. The largest absolute Gasteiger partial charge is 0.377 e. The molecule has 0 bridgehead atoms. The Morgan fingerprint density at radius 1 is 1.13 bits per heavy atom. The molecule has 2 aromatic rings. The lowest BCUT2D eigenvalue weighted by molar-refractivity contribution is 0.114. The minimum atomic E-state index is -3.57. The maximum Gasteiger partial charge on any atom is 0.240 e. The van der Waals surface area contributed by atoms with Crippen molar-refractivity contribution in [3.05, 3.63) is 65.5 Å². The van der Waals surface area contributed by atoms with Gasteiger partial charge in [0.15, 0.2) is 5.96 Å². The molecule has 3 rings (SSSR count). The fourth-order valence-corrected chi connectivity index (χ4v) is 4.17. The topological polar surface area (TPSA) is 91.8 Å². The minimum Gasteiger partial charge on any atom is -0.377 e. The minimum absolute atomic E-state index is 0. The zero-order valence-electron chi connectivity index (χ0n) is 17.3. The molecule has 0 aromatic heterocycles. The highest BCUT2D eigenvalue weighted by molar-refractivity contribution is 14.0. The Kier molecular flexibility index (Phi) is 10.1. The van der Waals surface area contributed by atoms with Gasteiger partial charge >= 0.3 is 0 Å². The second-order valence-corrected chi connectivity index (χ2v) is 8.77. The Labute approximate surface area is 199 Å². The first-order chi connectivity index (χ1) is 14.5. The summed E-state index contributed by atoms with van der Waals surface area (Å²) in [5, 5.41) is 6.19. The standard InChI is InChI=1S/C21H27FN4O3S.HI/c1-23-21(25-14-17-5-2-3-7-20(17)22)24-13-16-8-10-19(11-9-16)30(27,28)26-15-18-6-4-12-29-18;/h2-3,5,7-11,18,26H,4,6,12-15H2,1H3,(H2,23,24,25);1H. The lowest BCUT2D eigenvalue weighted by atomic mass is 10.2. The molecule has 2 aromatic carbocycles. The average molecular weight is 562 g/mol. The number of nitrogens with zero attached hydrogens (tertiary/aromatic N) is 1. The maximum absolute atomic E-state index is 13.7. The molecule has 0 spiro atoms. The third-order valence-electron chi connectivity index (χ3n) is 4.85. The van der Waals surface area contributed by atoms with Crippen LogP contribution in [0.4, 0.5) is 4.39 Å². The summed E-state index contributed by atoms with van der Waals surface area (Å²) in [4.78, 5) is 4.34. The highest BCUT2D eigenvalue weighted by atomic mass is 127. The van der Waals surface area contributed by atoms with Gasteiger partial charge in [-0.3, -0.25) is 4.99 Å².